The van der Waals surface area contributed by atoms with Crippen LogP contribution >= 0.6 is 11.8 Å². The van der Waals surface area contributed by atoms with Gasteiger partial charge in [-0.05, 0) is 68.0 Å². The van der Waals surface area contributed by atoms with E-state index in [1.807, 2.05) is 23.9 Å². The number of likely N-dealkylation sites (tertiary alicyclic amines) is 1. The predicted molar refractivity (Wildman–Crippen MR) is 157 cm³/mol. The van der Waals surface area contributed by atoms with Gasteiger partial charge in [0.05, 0.1) is 12.3 Å². The maximum Gasteiger partial charge on any atom is 0.328 e. The van der Waals surface area contributed by atoms with E-state index >= 15 is 0 Å². The molecule has 0 amide bonds. The molecule has 2 aromatic carbocycles. The molecule has 0 bridgehead atoms. The minimum absolute atomic E-state index is 0.183. The topological polar surface area (TPSA) is 103 Å². The molecule has 2 N–H and O–H groups in total. The van der Waals surface area contributed by atoms with E-state index in [9.17, 15) is 14.0 Å². The second-order valence-electron chi connectivity index (χ2n) is 9.70. The van der Waals surface area contributed by atoms with Crippen LogP contribution in [0.4, 0.5) is 10.1 Å². The lowest BCUT2D eigenvalue weighted by Crippen LogP contribution is -2.45. The average Bonchev–Trinajstić information content (AvgIpc) is 2.96. The summed E-state index contributed by atoms with van der Waals surface area (Å²) in [6.07, 6.45) is 6.63. The van der Waals surface area contributed by atoms with Crippen molar-refractivity contribution in [2.24, 2.45) is 4.99 Å². The van der Waals surface area contributed by atoms with Gasteiger partial charge in [-0.1, -0.05) is 42.1 Å². The molecule has 8 nitrogen and oxygen atoms in total. The fourth-order valence-corrected chi connectivity index (χ4v) is 5.56. The molecule has 0 saturated carbocycles. The number of carboxylic acid groups (broad SMARTS) is 2. The Morgan fingerprint density at radius 1 is 1.05 bits per heavy atom. The van der Waals surface area contributed by atoms with Crippen LogP contribution in [-0.4, -0.2) is 83.1 Å². The van der Waals surface area contributed by atoms with Crippen LogP contribution in [0, 0.1) is 5.82 Å². The number of para-hydroxylation sites is 1. The fourth-order valence-electron chi connectivity index (χ4n) is 4.51. The Morgan fingerprint density at radius 2 is 1.73 bits per heavy atom. The van der Waals surface area contributed by atoms with Gasteiger partial charge in [-0.2, -0.15) is 0 Å². The van der Waals surface area contributed by atoms with Gasteiger partial charge in [0.1, 0.15) is 5.82 Å². The Labute approximate surface area is 239 Å². The molecule has 0 atom stereocenters. The first kappa shape index (κ1) is 31.3. The molecule has 0 radical (unpaired) electrons. The van der Waals surface area contributed by atoms with E-state index in [4.69, 9.17) is 19.9 Å². The summed E-state index contributed by atoms with van der Waals surface area (Å²) in [6.45, 7) is 4.99. The number of carboxylic acids is 2. The SMILES string of the molecule is CN(C1=Nc2ccccc2CS1)C1CCN(CCCCOCCc2ccc(F)cc2)CC1.O=C(O)C=CC(=O)O. The quantitative estimate of drug-likeness (QED) is 0.280. The average molecular weight is 572 g/mol. The molecule has 0 unspecified atom stereocenters. The largest absolute Gasteiger partial charge is 0.478 e. The number of benzene rings is 2. The van der Waals surface area contributed by atoms with Crippen molar-refractivity contribution in [1.82, 2.24) is 9.80 Å². The maximum atomic E-state index is 12.9. The number of halogens is 1. The molecule has 0 aliphatic carbocycles. The molecule has 40 heavy (non-hydrogen) atoms. The molecule has 1 fully saturated rings. The Bertz CT molecular complexity index is 1130. The molecule has 2 aliphatic heterocycles. The second kappa shape index (κ2) is 16.8. The van der Waals surface area contributed by atoms with Crippen molar-refractivity contribution in [3.05, 3.63) is 77.6 Å². The van der Waals surface area contributed by atoms with E-state index in [1.165, 1.54) is 42.1 Å². The highest BCUT2D eigenvalue weighted by molar-refractivity contribution is 8.13. The van der Waals surface area contributed by atoms with Gasteiger partial charge in [0.25, 0.3) is 0 Å². The number of ether oxygens (including phenoxy) is 1. The van der Waals surface area contributed by atoms with Crippen molar-refractivity contribution in [3.8, 4) is 0 Å². The highest BCUT2D eigenvalue weighted by Gasteiger charge is 2.26. The van der Waals surface area contributed by atoms with Gasteiger partial charge >= 0.3 is 11.9 Å². The Balaban J connectivity index is 0.000000482. The summed E-state index contributed by atoms with van der Waals surface area (Å²) >= 11 is 1.86. The fraction of sp³-hybridized carbons (Fsp3) is 0.433. The summed E-state index contributed by atoms with van der Waals surface area (Å²) < 4.78 is 18.7. The zero-order chi connectivity index (χ0) is 28.7. The Hall–Kier alpha value is -3.21. The minimum Gasteiger partial charge on any atom is -0.478 e. The first-order valence-electron chi connectivity index (χ1n) is 13.5. The maximum absolute atomic E-state index is 12.9. The summed E-state index contributed by atoms with van der Waals surface area (Å²) in [5, 5.41) is 16.8. The molecule has 1 saturated heterocycles. The Morgan fingerprint density at radius 3 is 2.40 bits per heavy atom. The number of aliphatic carboxylic acids is 2. The monoisotopic (exact) mass is 571 g/mol. The van der Waals surface area contributed by atoms with Gasteiger partial charge in [0, 0.05) is 50.7 Å². The van der Waals surface area contributed by atoms with E-state index in [2.05, 4.69) is 41.1 Å². The summed E-state index contributed by atoms with van der Waals surface area (Å²) in [7, 11) is 2.21. The highest BCUT2D eigenvalue weighted by atomic mass is 32.2. The molecule has 2 heterocycles. The van der Waals surface area contributed by atoms with Crippen LogP contribution in [0.5, 0.6) is 0 Å². The van der Waals surface area contributed by atoms with Crippen LogP contribution in [0.25, 0.3) is 0 Å². The number of hydrogen-bond acceptors (Lipinski definition) is 7. The van der Waals surface area contributed by atoms with Crippen molar-refractivity contribution >= 4 is 34.6 Å². The summed E-state index contributed by atoms with van der Waals surface area (Å²) in [5.74, 6) is -1.68. The molecule has 0 spiro atoms. The van der Waals surface area contributed by atoms with Gasteiger partial charge in [0.2, 0.25) is 0 Å². The van der Waals surface area contributed by atoms with Crippen molar-refractivity contribution in [1.29, 1.82) is 0 Å². The van der Waals surface area contributed by atoms with Crippen molar-refractivity contribution in [3.63, 3.8) is 0 Å². The second-order valence-corrected chi connectivity index (χ2v) is 10.6. The third kappa shape index (κ3) is 11.1. The smallest absolute Gasteiger partial charge is 0.328 e. The van der Waals surface area contributed by atoms with E-state index < -0.39 is 11.9 Å². The van der Waals surface area contributed by atoms with Crippen LogP contribution < -0.4 is 0 Å². The molecule has 2 aliphatic rings. The lowest BCUT2D eigenvalue weighted by molar-refractivity contribution is -0.134. The zero-order valence-corrected chi connectivity index (χ0v) is 23.7. The van der Waals surface area contributed by atoms with Crippen molar-refractivity contribution in [2.75, 3.05) is 39.9 Å². The molecule has 0 aromatic heterocycles. The number of nitrogens with zero attached hydrogens (tertiary/aromatic N) is 3. The molecular weight excluding hydrogens is 533 g/mol. The van der Waals surface area contributed by atoms with Gasteiger partial charge in [-0.25, -0.2) is 19.0 Å². The number of piperidine rings is 1. The van der Waals surface area contributed by atoms with Crippen molar-refractivity contribution in [2.45, 2.75) is 43.9 Å². The number of thioether (sulfide) groups is 1. The summed E-state index contributed by atoms with van der Waals surface area (Å²) in [5.41, 5.74) is 3.59. The summed E-state index contributed by atoms with van der Waals surface area (Å²) in [4.78, 5) is 29.0. The number of rotatable bonds is 11. The first-order chi connectivity index (χ1) is 19.3. The van der Waals surface area contributed by atoms with E-state index in [0.29, 0.717) is 24.8 Å². The summed E-state index contributed by atoms with van der Waals surface area (Å²) in [6, 6.07) is 15.7. The van der Waals surface area contributed by atoms with Gasteiger partial charge in [-0.3, -0.25) is 0 Å². The number of fused-ring (bicyclic) bond motifs is 1. The zero-order valence-electron chi connectivity index (χ0n) is 22.9. The number of aliphatic imine (C=N–C) groups is 1. The van der Waals surface area contributed by atoms with Gasteiger partial charge in [-0.15, -0.1) is 0 Å². The molecule has 4 rings (SSSR count). The highest BCUT2D eigenvalue weighted by Crippen LogP contribution is 2.32. The number of unbranched alkanes of at least 4 members (excludes halogenated alkanes) is 1. The normalized spacial score (nSPS) is 15.6. The van der Waals surface area contributed by atoms with Crippen molar-refractivity contribution < 1.29 is 28.9 Å². The number of amidine groups is 1. The standard InChI is InChI=1S/C26H34FN3OS.C4H4O4/c1-29(26-28-25-7-3-2-6-22(25)20-32-26)24-12-16-30(17-13-24)15-4-5-18-31-19-14-21-8-10-23(27)11-9-21;5-3(6)1-2-4(7)8/h2-3,6-11,24H,4-5,12-20H2,1H3;1-2H,(H,5,6)(H,7,8). The van der Waals surface area contributed by atoms with Crippen LogP contribution in [-0.2, 0) is 26.5 Å². The predicted octanol–water partition coefficient (Wildman–Crippen LogP) is 5.21. The number of hydrogen-bond donors (Lipinski definition) is 2. The molecular formula is C30H38FN3O5S. The van der Waals surface area contributed by atoms with E-state index in [0.717, 1.165) is 56.1 Å². The number of carbonyl (C=O) groups is 2. The third-order valence-electron chi connectivity index (χ3n) is 6.80. The lowest BCUT2D eigenvalue weighted by Gasteiger charge is -2.38. The van der Waals surface area contributed by atoms with Gasteiger partial charge in [0.15, 0.2) is 5.17 Å². The Kier molecular flexibility index (Phi) is 13.1. The van der Waals surface area contributed by atoms with Gasteiger partial charge < -0.3 is 24.7 Å². The van der Waals surface area contributed by atoms with E-state index in [-0.39, 0.29) is 5.82 Å². The molecule has 216 valence electrons. The third-order valence-corrected chi connectivity index (χ3v) is 7.89. The van der Waals surface area contributed by atoms with Crippen LogP contribution in [0.1, 0.15) is 36.8 Å². The van der Waals surface area contributed by atoms with E-state index in [1.54, 1.807) is 0 Å². The molecule has 2 aromatic rings. The van der Waals surface area contributed by atoms with Crippen LogP contribution in [0.15, 0.2) is 65.7 Å². The minimum atomic E-state index is -1.26. The molecule has 10 heteroatoms. The van der Waals surface area contributed by atoms with Crippen LogP contribution in [0.2, 0.25) is 0 Å². The first-order valence-corrected chi connectivity index (χ1v) is 14.5. The lowest BCUT2D eigenvalue weighted by atomic mass is 10.0. The van der Waals surface area contributed by atoms with Crippen LogP contribution in [0.3, 0.4) is 0 Å².